The number of rotatable bonds is 10. The van der Waals surface area contributed by atoms with E-state index in [0.717, 1.165) is 41.7 Å². The fourth-order valence-corrected chi connectivity index (χ4v) is 3.98. The summed E-state index contributed by atoms with van der Waals surface area (Å²) in [6.45, 7) is 0.703. The highest BCUT2D eigenvalue weighted by molar-refractivity contribution is 5.61. The van der Waals surface area contributed by atoms with Crippen LogP contribution < -0.4 is 10.6 Å². The van der Waals surface area contributed by atoms with Crippen LogP contribution >= 0.6 is 0 Å². The van der Waals surface area contributed by atoms with E-state index in [-0.39, 0.29) is 29.4 Å². The van der Waals surface area contributed by atoms with Crippen LogP contribution in [0.3, 0.4) is 0 Å². The van der Waals surface area contributed by atoms with Gasteiger partial charge in [0.2, 0.25) is 0 Å². The summed E-state index contributed by atoms with van der Waals surface area (Å²) in [4.78, 5) is 12.3. The first-order valence-electron chi connectivity index (χ1n) is 12.2. The van der Waals surface area contributed by atoms with Crippen molar-refractivity contribution in [3.63, 3.8) is 0 Å². The number of pyridine rings is 3. The number of aliphatic hydroxyl groups excluding tert-OH is 1. The van der Waals surface area contributed by atoms with E-state index in [1.807, 2.05) is 24.3 Å². The lowest BCUT2D eigenvalue weighted by Gasteiger charge is -2.19. The van der Waals surface area contributed by atoms with Crippen LogP contribution in [0.1, 0.15) is 40.4 Å². The van der Waals surface area contributed by atoms with Crippen LogP contribution in [0.15, 0.2) is 85.2 Å². The molecular weight excluding hydrogens is 536 g/mol. The van der Waals surface area contributed by atoms with Crippen LogP contribution in [0.2, 0.25) is 0 Å². The zero-order valence-electron chi connectivity index (χ0n) is 20.9. The van der Waals surface area contributed by atoms with E-state index in [1.165, 1.54) is 6.07 Å². The molecule has 0 aliphatic heterocycles. The number of aliphatic hydroxyl groups is 1. The average Bonchev–Trinajstić information content (AvgIpc) is 2.94. The van der Waals surface area contributed by atoms with Gasteiger partial charge in [-0.3, -0.25) is 9.97 Å². The van der Waals surface area contributed by atoms with Crippen molar-refractivity contribution in [3.8, 4) is 11.3 Å². The van der Waals surface area contributed by atoms with Gasteiger partial charge in [-0.2, -0.15) is 26.3 Å². The maximum atomic E-state index is 13.5. The molecule has 1 atom stereocenters. The normalized spacial score (nSPS) is 13.0. The lowest BCUT2D eigenvalue weighted by Crippen LogP contribution is -2.33. The molecule has 4 aromatic rings. The van der Waals surface area contributed by atoms with Crippen molar-refractivity contribution in [2.24, 2.45) is 0 Å². The van der Waals surface area contributed by atoms with E-state index in [0.29, 0.717) is 13.1 Å². The van der Waals surface area contributed by atoms with Gasteiger partial charge < -0.3 is 15.7 Å². The molecule has 0 saturated heterocycles. The molecule has 12 heteroatoms. The molecule has 3 aromatic heterocycles. The summed E-state index contributed by atoms with van der Waals surface area (Å²) in [6, 6.07) is 16.3. The third-order valence-corrected chi connectivity index (χ3v) is 5.99. The maximum Gasteiger partial charge on any atom is 0.433 e. The second-order valence-electron chi connectivity index (χ2n) is 8.86. The fraction of sp³-hybridized carbons (Fsp3) is 0.250. The summed E-state index contributed by atoms with van der Waals surface area (Å²) in [5.74, 6) is 0. The monoisotopic (exact) mass is 561 g/mol. The summed E-state index contributed by atoms with van der Waals surface area (Å²) in [5.41, 5.74) is -0.893. The molecular formula is C28H25F6N5O. The zero-order valence-corrected chi connectivity index (χ0v) is 20.9. The third-order valence-electron chi connectivity index (χ3n) is 5.99. The van der Waals surface area contributed by atoms with E-state index in [4.69, 9.17) is 0 Å². The SMILES string of the molecule is OC(CNCCNC(c1ccccn1)c1ccccn1)c1cc(-c2ccc(C(F)(F)F)cc2)nc(C(F)(F)F)c1. The molecule has 210 valence electrons. The number of nitrogens with zero attached hydrogens (tertiary/aromatic N) is 3. The van der Waals surface area contributed by atoms with Crippen molar-refractivity contribution >= 4 is 0 Å². The Balaban J connectivity index is 1.42. The minimum absolute atomic E-state index is 0.0554. The van der Waals surface area contributed by atoms with Crippen molar-refractivity contribution in [3.05, 3.63) is 113 Å². The molecule has 3 N–H and O–H groups in total. The second-order valence-corrected chi connectivity index (χ2v) is 8.86. The van der Waals surface area contributed by atoms with Gasteiger partial charge in [0.05, 0.1) is 34.8 Å². The number of nitrogens with one attached hydrogen (secondary N) is 2. The van der Waals surface area contributed by atoms with Crippen LogP contribution in [0, 0.1) is 0 Å². The average molecular weight is 562 g/mol. The van der Waals surface area contributed by atoms with E-state index in [2.05, 4.69) is 25.6 Å². The molecule has 3 heterocycles. The molecule has 0 fully saturated rings. The first-order chi connectivity index (χ1) is 19.0. The predicted molar refractivity (Wildman–Crippen MR) is 136 cm³/mol. The highest BCUT2D eigenvalue weighted by atomic mass is 19.4. The van der Waals surface area contributed by atoms with Gasteiger partial charge in [0.15, 0.2) is 0 Å². The van der Waals surface area contributed by atoms with Gasteiger partial charge in [-0.15, -0.1) is 0 Å². The number of hydrogen-bond donors (Lipinski definition) is 3. The maximum absolute atomic E-state index is 13.5. The Bertz CT molecular complexity index is 1330. The number of aromatic nitrogens is 3. The van der Waals surface area contributed by atoms with Crippen molar-refractivity contribution in [1.82, 2.24) is 25.6 Å². The summed E-state index contributed by atoms with van der Waals surface area (Å²) in [6.07, 6.45) is -7.40. The summed E-state index contributed by atoms with van der Waals surface area (Å²) < 4.78 is 79.2. The predicted octanol–water partition coefficient (Wildman–Crippen LogP) is 5.58. The highest BCUT2D eigenvalue weighted by Gasteiger charge is 2.34. The largest absolute Gasteiger partial charge is 0.433 e. The first-order valence-corrected chi connectivity index (χ1v) is 12.2. The van der Waals surface area contributed by atoms with Crippen LogP contribution in [-0.4, -0.2) is 39.7 Å². The topological polar surface area (TPSA) is 83.0 Å². The lowest BCUT2D eigenvalue weighted by molar-refractivity contribution is -0.141. The Kier molecular flexibility index (Phi) is 9.13. The molecule has 0 saturated carbocycles. The molecule has 0 radical (unpaired) electrons. The van der Waals surface area contributed by atoms with Gasteiger partial charge >= 0.3 is 12.4 Å². The van der Waals surface area contributed by atoms with Crippen molar-refractivity contribution < 1.29 is 31.4 Å². The Morgan fingerprint density at radius 1 is 0.750 bits per heavy atom. The van der Waals surface area contributed by atoms with Crippen molar-refractivity contribution in [2.45, 2.75) is 24.5 Å². The van der Waals surface area contributed by atoms with Gasteiger partial charge in [-0.1, -0.05) is 24.3 Å². The molecule has 0 bridgehead atoms. The van der Waals surface area contributed by atoms with Gasteiger partial charge in [-0.25, -0.2) is 4.98 Å². The first kappa shape index (κ1) is 29.1. The highest BCUT2D eigenvalue weighted by Crippen LogP contribution is 2.34. The van der Waals surface area contributed by atoms with Crippen LogP contribution in [0.4, 0.5) is 26.3 Å². The zero-order chi connectivity index (χ0) is 28.8. The molecule has 1 unspecified atom stereocenters. The van der Waals surface area contributed by atoms with Gasteiger partial charge in [0.1, 0.15) is 5.69 Å². The number of hydrogen-bond acceptors (Lipinski definition) is 6. The molecule has 0 amide bonds. The standard InChI is InChI=1S/C28H25F6N5O/c29-27(30,31)20-9-7-18(8-10-20)23-15-19(16-25(39-23)28(32,33)34)24(40)17-35-13-14-38-26(21-5-1-3-11-36-21)22-6-2-4-12-37-22/h1-12,15-16,24,26,35,38,40H,13-14,17H2. The molecule has 40 heavy (non-hydrogen) atoms. The smallest absolute Gasteiger partial charge is 0.387 e. The fourth-order valence-electron chi connectivity index (χ4n) is 3.98. The molecule has 6 nitrogen and oxygen atoms in total. The molecule has 0 aliphatic carbocycles. The summed E-state index contributed by atoms with van der Waals surface area (Å²) in [7, 11) is 0. The summed E-state index contributed by atoms with van der Waals surface area (Å²) in [5, 5.41) is 17.0. The number of alkyl halides is 6. The second kappa shape index (κ2) is 12.5. The Morgan fingerprint density at radius 2 is 1.38 bits per heavy atom. The van der Waals surface area contributed by atoms with E-state index in [1.54, 1.807) is 24.5 Å². The Labute approximate surface area is 226 Å². The summed E-state index contributed by atoms with van der Waals surface area (Å²) >= 11 is 0. The van der Waals surface area contributed by atoms with E-state index < -0.39 is 29.7 Å². The third kappa shape index (κ3) is 7.62. The van der Waals surface area contributed by atoms with E-state index in [9.17, 15) is 31.4 Å². The number of halogens is 6. The van der Waals surface area contributed by atoms with Crippen molar-refractivity contribution in [2.75, 3.05) is 19.6 Å². The Morgan fingerprint density at radius 3 is 1.90 bits per heavy atom. The van der Waals surface area contributed by atoms with Gasteiger partial charge in [0.25, 0.3) is 0 Å². The van der Waals surface area contributed by atoms with Crippen LogP contribution in [-0.2, 0) is 12.4 Å². The van der Waals surface area contributed by atoms with Crippen LogP contribution in [0.5, 0.6) is 0 Å². The minimum atomic E-state index is -4.82. The molecule has 0 aliphatic rings. The molecule has 4 rings (SSSR count). The minimum Gasteiger partial charge on any atom is -0.387 e. The number of benzene rings is 1. The quantitative estimate of drug-likeness (QED) is 0.173. The van der Waals surface area contributed by atoms with Crippen LogP contribution in [0.25, 0.3) is 11.3 Å². The van der Waals surface area contributed by atoms with E-state index >= 15 is 0 Å². The Hall–Kier alpha value is -3.87. The van der Waals surface area contributed by atoms with Crippen molar-refractivity contribution in [1.29, 1.82) is 0 Å². The van der Waals surface area contributed by atoms with Gasteiger partial charge in [-0.05, 0) is 54.1 Å². The molecule has 0 spiro atoms. The molecule has 1 aromatic carbocycles. The lowest BCUT2D eigenvalue weighted by atomic mass is 10.0. The van der Waals surface area contributed by atoms with Gasteiger partial charge in [0, 0.05) is 37.6 Å².